The van der Waals surface area contributed by atoms with Crippen molar-refractivity contribution >= 4 is 23.5 Å². The minimum absolute atomic E-state index is 0.125. The van der Waals surface area contributed by atoms with E-state index in [-0.39, 0.29) is 24.2 Å². The van der Waals surface area contributed by atoms with Crippen molar-refractivity contribution in [3.63, 3.8) is 0 Å². The van der Waals surface area contributed by atoms with E-state index in [0.29, 0.717) is 46.2 Å². The Balaban J connectivity index is 1.75. The topological polar surface area (TPSA) is 116 Å². The van der Waals surface area contributed by atoms with Gasteiger partial charge in [-0.15, -0.1) is 0 Å². The van der Waals surface area contributed by atoms with Crippen LogP contribution in [0.2, 0.25) is 5.02 Å². The monoisotopic (exact) mass is 490 g/mol. The first-order valence-corrected chi connectivity index (χ1v) is 11.4. The van der Waals surface area contributed by atoms with Crippen molar-refractivity contribution in [1.82, 2.24) is 4.98 Å². The Labute approximate surface area is 207 Å². The fourth-order valence-corrected chi connectivity index (χ4v) is 3.95. The number of oxazole rings is 1. The highest BCUT2D eigenvalue weighted by atomic mass is 35.5. The zero-order chi connectivity index (χ0) is 24.8. The summed E-state index contributed by atoms with van der Waals surface area (Å²) in [7, 11) is 0. The number of carbonyl (C=O) groups excluding carboxylic acids is 1. The highest BCUT2D eigenvalue weighted by Crippen LogP contribution is 2.37. The van der Waals surface area contributed by atoms with Gasteiger partial charge in [-0.1, -0.05) is 48.0 Å². The molecule has 1 aromatic heterocycles. The number of ether oxygens (including phenoxy) is 1. The molecule has 4 rings (SSSR count). The standard InChI is InChI=1S/C27H23ClN2O5/c28-20-12-6-17(7-13-20)5-8-18-9-10-19(11-14-23(31)32)25(24(18)26(29)33)35-22-4-2-1-3-21(22)27-30-15-16-34-27/h1-4,6-7,9-10,12-13,15-16H,5,8,11,14H2,(H2,29,33)(H,31,32). The molecule has 3 aromatic carbocycles. The van der Waals surface area contributed by atoms with E-state index in [1.54, 1.807) is 30.3 Å². The molecule has 0 saturated carbocycles. The molecule has 0 spiro atoms. The molecule has 7 nitrogen and oxygen atoms in total. The third-order valence-electron chi connectivity index (χ3n) is 5.54. The summed E-state index contributed by atoms with van der Waals surface area (Å²) in [4.78, 5) is 28.1. The highest BCUT2D eigenvalue weighted by molar-refractivity contribution is 6.30. The van der Waals surface area contributed by atoms with Gasteiger partial charge in [-0.2, -0.15) is 0 Å². The van der Waals surface area contributed by atoms with Gasteiger partial charge >= 0.3 is 5.97 Å². The molecule has 0 radical (unpaired) electrons. The number of halogens is 1. The van der Waals surface area contributed by atoms with Crippen molar-refractivity contribution in [2.24, 2.45) is 5.73 Å². The molecule has 0 atom stereocenters. The predicted octanol–water partition coefficient (Wildman–Crippen LogP) is 5.69. The molecular weight excluding hydrogens is 468 g/mol. The second kappa shape index (κ2) is 10.9. The first-order valence-electron chi connectivity index (χ1n) is 11.0. The average Bonchev–Trinajstić information content (AvgIpc) is 3.38. The molecule has 178 valence electrons. The molecule has 35 heavy (non-hydrogen) atoms. The van der Waals surface area contributed by atoms with Gasteiger partial charge in [0.05, 0.1) is 17.3 Å². The van der Waals surface area contributed by atoms with Gasteiger partial charge in [-0.25, -0.2) is 4.98 Å². The third-order valence-corrected chi connectivity index (χ3v) is 5.79. The smallest absolute Gasteiger partial charge is 0.303 e. The van der Waals surface area contributed by atoms with Crippen LogP contribution in [-0.2, 0) is 24.1 Å². The molecule has 0 fully saturated rings. The fraction of sp³-hybridized carbons (Fsp3) is 0.148. The molecule has 3 N–H and O–H groups in total. The molecule has 4 aromatic rings. The Bertz CT molecular complexity index is 1330. The molecule has 0 bridgehead atoms. The van der Waals surface area contributed by atoms with Crippen LogP contribution < -0.4 is 10.5 Å². The van der Waals surface area contributed by atoms with Crippen LogP contribution >= 0.6 is 11.6 Å². The second-order valence-electron chi connectivity index (χ2n) is 7.91. The minimum atomic E-state index is -0.955. The molecule has 0 aliphatic rings. The third kappa shape index (κ3) is 5.88. The number of hydrogen-bond acceptors (Lipinski definition) is 5. The lowest BCUT2D eigenvalue weighted by molar-refractivity contribution is -0.136. The number of carboxylic acid groups (broad SMARTS) is 1. The zero-order valence-electron chi connectivity index (χ0n) is 18.7. The van der Waals surface area contributed by atoms with Crippen molar-refractivity contribution in [3.8, 4) is 23.0 Å². The van der Waals surface area contributed by atoms with E-state index in [2.05, 4.69) is 4.98 Å². The molecule has 0 aliphatic carbocycles. The first kappa shape index (κ1) is 24.0. The number of para-hydroxylation sites is 1. The van der Waals surface area contributed by atoms with Crippen molar-refractivity contribution in [2.45, 2.75) is 25.7 Å². The number of nitrogens with two attached hydrogens (primary N) is 1. The van der Waals surface area contributed by atoms with E-state index in [9.17, 15) is 14.7 Å². The van der Waals surface area contributed by atoms with Gasteiger partial charge in [0, 0.05) is 11.4 Å². The lowest BCUT2D eigenvalue weighted by Crippen LogP contribution is -2.17. The number of carbonyl (C=O) groups is 2. The number of primary amides is 1. The van der Waals surface area contributed by atoms with Gasteiger partial charge in [0.25, 0.3) is 5.91 Å². The molecule has 0 saturated heterocycles. The number of aliphatic carboxylic acids is 1. The minimum Gasteiger partial charge on any atom is -0.481 e. The summed E-state index contributed by atoms with van der Waals surface area (Å²) in [5, 5.41) is 9.87. The number of amides is 1. The molecule has 0 unspecified atom stereocenters. The summed E-state index contributed by atoms with van der Waals surface area (Å²) in [6.45, 7) is 0. The van der Waals surface area contributed by atoms with E-state index < -0.39 is 11.9 Å². The van der Waals surface area contributed by atoms with Crippen LogP contribution in [0.3, 0.4) is 0 Å². The summed E-state index contributed by atoms with van der Waals surface area (Å²) in [6.07, 6.45) is 4.20. The first-order chi connectivity index (χ1) is 16.9. The van der Waals surface area contributed by atoms with Gasteiger partial charge in [0.1, 0.15) is 17.8 Å². The summed E-state index contributed by atoms with van der Waals surface area (Å²) >= 11 is 5.98. The predicted molar refractivity (Wildman–Crippen MR) is 132 cm³/mol. The summed E-state index contributed by atoms with van der Waals surface area (Å²) in [5.74, 6) is -0.608. The highest BCUT2D eigenvalue weighted by Gasteiger charge is 2.22. The number of nitrogens with zero attached hydrogens (tertiary/aromatic N) is 1. The van der Waals surface area contributed by atoms with Crippen LogP contribution in [0.5, 0.6) is 11.5 Å². The summed E-state index contributed by atoms with van der Waals surface area (Å²) in [5.41, 5.74) is 8.97. The van der Waals surface area contributed by atoms with Crippen LogP contribution in [0.4, 0.5) is 0 Å². The van der Waals surface area contributed by atoms with Crippen LogP contribution in [0, 0.1) is 0 Å². The second-order valence-corrected chi connectivity index (χ2v) is 8.34. The number of aryl methyl sites for hydroxylation is 3. The molecule has 1 heterocycles. The maximum absolute atomic E-state index is 12.7. The Hall–Kier alpha value is -4.10. The van der Waals surface area contributed by atoms with Gasteiger partial charge in [0.2, 0.25) is 5.89 Å². The lowest BCUT2D eigenvalue weighted by atomic mass is 9.94. The molecular formula is C27H23ClN2O5. The number of carboxylic acids is 1. The number of rotatable bonds is 10. The quantitative estimate of drug-likeness (QED) is 0.295. The largest absolute Gasteiger partial charge is 0.481 e. The van der Waals surface area contributed by atoms with Crippen molar-refractivity contribution in [2.75, 3.05) is 0 Å². The molecule has 0 aliphatic heterocycles. The van der Waals surface area contributed by atoms with Crippen LogP contribution in [0.25, 0.3) is 11.5 Å². The average molecular weight is 491 g/mol. The SMILES string of the molecule is NC(=O)c1c(CCc2ccc(Cl)cc2)ccc(CCC(=O)O)c1Oc1ccccc1-c1ncco1. The van der Waals surface area contributed by atoms with E-state index >= 15 is 0 Å². The van der Waals surface area contributed by atoms with Crippen LogP contribution in [0.15, 0.2) is 77.5 Å². The maximum atomic E-state index is 12.7. The maximum Gasteiger partial charge on any atom is 0.303 e. The number of aromatic nitrogens is 1. The summed E-state index contributed by atoms with van der Waals surface area (Å²) in [6, 6.07) is 18.2. The Morgan fingerprint density at radius 3 is 2.40 bits per heavy atom. The van der Waals surface area contributed by atoms with E-state index in [1.807, 2.05) is 30.3 Å². The fourth-order valence-electron chi connectivity index (χ4n) is 3.83. The lowest BCUT2D eigenvalue weighted by Gasteiger charge is -2.18. The van der Waals surface area contributed by atoms with E-state index in [0.717, 1.165) is 5.56 Å². The van der Waals surface area contributed by atoms with Gasteiger partial charge < -0.3 is 20.0 Å². The van der Waals surface area contributed by atoms with Crippen molar-refractivity contribution < 1.29 is 23.8 Å². The van der Waals surface area contributed by atoms with E-state index in [1.165, 1.54) is 12.5 Å². The summed E-state index contributed by atoms with van der Waals surface area (Å²) < 4.78 is 11.7. The molecule has 8 heteroatoms. The van der Waals surface area contributed by atoms with Crippen LogP contribution in [0.1, 0.15) is 33.5 Å². The Morgan fingerprint density at radius 1 is 0.971 bits per heavy atom. The van der Waals surface area contributed by atoms with Crippen molar-refractivity contribution in [3.05, 3.63) is 100 Å². The van der Waals surface area contributed by atoms with Gasteiger partial charge in [0.15, 0.2) is 0 Å². The number of hydrogen-bond donors (Lipinski definition) is 2. The van der Waals surface area contributed by atoms with Gasteiger partial charge in [-0.05, 0) is 60.2 Å². The molecule has 1 amide bonds. The Kier molecular flexibility index (Phi) is 7.48. The van der Waals surface area contributed by atoms with Crippen molar-refractivity contribution in [1.29, 1.82) is 0 Å². The number of benzene rings is 3. The van der Waals surface area contributed by atoms with E-state index in [4.69, 9.17) is 26.5 Å². The normalized spacial score (nSPS) is 10.8. The zero-order valence-corrected chi connectivity index (χ0v) is 19.5. The van der Waals surface area contributed by atoms with Crippen LogP contribution in [-0.4, -0.2) is 22.0 Å². The van der Waals surface area contributed by atoms with Gasteiger partial charge in [-0.3, -0.25) is 9.59 Å². The Morgan fingerprint density at radius 2 is 1.71 bits per heavy atom.